The zero-order chi connectivity index (χ0) is 19.2. The molecule has 0 radical (unpaired) electrons. The number of ether oxygens (including phenoxy) is 1. The van der Waals surface area contributed by atoms with Crippen LogP contribution in [0, 0.1) is 0 Å². The average molecular weight is 362 g/mol. The lowest BCUT2D eigenvalue weighted by molar-refractivity contribution is 0.0608. The Hall–Kier alpha value is -3.91. The molecular formula is C19H14N4O4. The van der Waals surface area contributed by atoms with Gasteiger partial charge in [-0.05, 0) is 36.4 Å². The fourth-order valence-corrected chi connectivity index (χ4v) is 2.26. The third kappa shape index (κ3) is 3.86. The molecule has 0 unspecified atom stereocenters. The molecule has 0 aliphatic heterocycles. The number of carbonyl (C=O) groups excluding carboxylic acids is 3. The molecule has 0 bridgehead atoms. The fraction of sp³-hybridized carbons (Fsp3) is 0. The zero-order valence-corrected chi connectivity index (χ0v) is 14.0. The highest BCUT2D eigenvalue weighted by Crippen LogP contribution is 2.23. The van der Waals surface area contributed by atoms with E-state index >= 15 is 0 Å². The van der Waals surface area contributed by atoms with Gasteiger partial charge in [0.1, 0.15) is 17.0 Å². The Balaban J connectivity index is 1.89. The summed E-state index contributed by atoms with van der Waals surface area (Å²) in [5.74, 6) is 4.40. The summed E-state index contributed by atoms with van der Waals surface area (Å²) in [6.45, 7) is 0. The van der Waals surface area contributed by atoms with Crippen molar-refractivity contribution in [1.82, 2.24) is 15.0 Å². The lowest BCUT2D eigenvalue weighted by atomic mass is 10.2. The van der Waals surface area contributed by atoms with Crippen molar-refractivity contribution < 1.29 is 19.1 Å². The number of para-hydroxylation sites is 1. The fourth-order valence-electron chi connectivity index (χ4n) is 2.26. The molecule has 0 aliphatic carbocycles. The lowest BCUT2D eigenvalue weighted by Crippen LogP contribution is -2.43. The van der Waals surface area contributed by atoms with Gasteiger partial charge in [0.15, 0.2) is 6.29 Å². The maximum atomic E-state index is 12.7. The summed E-state index contributed by atoms with van der Waals surface area (Å²) in [5.41, 5.74) is -0.212. The average Bonchev–Trinajstić information content (AvgIpc) is 2.73. The molecule has 2 N–H and O–H groups in total. The molecule has 3 rings (SSSR count). The van der Waals surface area contributed by atoms with Crippen LogP contribution in [-0.4, -0.2) is 33.1 Å². The number of hydrazine groups is 1. The highest BCUT2D eigenvalue weighted by atomic mass is 16.5. The van der Waals surface area contributed by atoms with E-state index in [9.17, 15) is 14.4 Å². The van der Waals surface area contributed by atoms with Crippen molar-refractivity contribution in [2.75, 3.05) is 0 Å². The van der Waals surface area contributed by atoms with Gasteiger partial charge in [-0.2, -0.15) is 0 Å². The van der Waals surface area contributed by atoms with Crippen molar-refractivity contribution in [2.45, 2.75) is 0 Å². The molecule has 8 heteroatoms. The summed E-state index contributed by atoms with van der Waals surface area (Å²) in [4.78, 5) is 44.2. The summed E-state index contributed by atoms with van der Waals surface area (Å²) in [5, 5.41) is 0.379. The maximum Gasteiger partial charge on any atom is 0.294 e. The molecule has 0 atom stereocenters. The second-order valence-electron chi connectivity index (χ2n) is 5.31. The first-order chi connectivity index (χ1) is 13.1. The Morgan fingerprint density at radius 1 is 0.926 bits per heavy atom. The molecule has 0 spiro atoms. The highest BCUT2D eigenvalue weighted by Gasteiger charge is 2.27. The van der Waals surface area contributed by atoms with Crippen molar-refractivity contribution >= 4 is 18.1 Å². The first-order valence-electron chi connectivity index (χ1n) is 7.83. The van der Waals surface area contributed by atoms with E-state index in [2.05, 4.69) is 9.97 Å². The van der Waals surface area contributed by atoms with E-state index in [1.807, 2.05) is 6.07 Å². The van der Waals surface area contributed by atoms with Gasteiger partial charge in [-0.25, -0.2) is 15.8 Å². The minimum atomic E-state index is -0.919. The van der Waals surface area contributed by atoms with Gasteiger partial charge in [0, 0.05) is 18.0 Å². The largest absolute Gasteiger partial charge is 0.438 e. The van der Waals surface area contributed by atoms with Crippen LogP contribution < -0.4 is 10.6 Å². The summed E-state index contributed by atoms with van der Waals surface area (Å²) >= 11 is 0. The molecule has 2 aromatic heterocycles. The monoisotopic (exact) mass is 362 g/mol. The number of hydrogen-bond acceptors (Lipinski definition) is 7. The Morgan fingerprint density at radius 2 is 1.63 bits per heavy atom. The number of aromatic nitrogens is 2. The number of nitrogens with two attached hydrogens (primary N) is 1. The number of imide groups is 1. The Labute approximate surface area is 154 Å². The second kappa shape index (κ2) is 7.98. The zero-order valence-electron chi connectivity index (χ0n) is 14.0. The number of nitrogens with zero attached hydrogens (tertiary/aromatic N) is 3. The predicted molar refractivity (Wildman–Crippen MR) is 95.1 cm³/mol. The van der Waals surface area contributed by atoms with Crippen LogP contribution in [0.25, 0.3) is 0 Å². The quantitative estimate of drug-likeness (QED) is 0.243. The van der Waals surface area contributed by atoms with Crippen molar-refractivity contribution in [1.29, 1.82) is 0 Å². The highest BCUT2D eigenvalue weighted by molar-refractivity contribution is 6.11. The van der Waals surface area contributed by atoms with Gasteiger partial charge in [0.25, 0.3) is 11.8 Å². The van der Waals surface area contributed by atoms with Crippen LogP contribution in [0.4, 0.5) is 0 Å². The summed E-state index contributed by atoms with van der Waals surface area (Å²) < 4.78 is 5.61. The SMILES string of the molecule is NN(C(=O)c1cccnc1Oc1ccccc1)C(=O)c1ncccc1C=O. The Kier molecular flexibility index (Phi) is 5.29. The van der Waals surface area contributed by atoms with E-state index < -0.39 is 11.8 Å². The molecule has 1 aromatic carbocycles. The van der Waals surface area contributed by atoms with E-state index in [-0.39, 0.29) is 22.7 Å². The van der Waals surface area contributed by atoms with Crippen molar-refractivity contribution in [3.05, 3.63) is 83.8 Å². The molecular weight excluding hydrogens is 348 g/mol. The van der Waals surface area contributed by atoms with E-state index in [1.165, 1.54) is 36.7 Å². The smallest absolute Gasteiger partial charge is 0.294 e. The first kappa shape index (κ1) is 17.9. The van der Waals surface area contributed by atoms with Gasteiger partial charge >= 0.3 is 0 Å². The lowest BCUT2D eigenvalue weighted by Gasteiger charge is -2.16. The van der Waals surface area contributed by atoms with Crippen LogP contribution >= 0.6 is 0 Å². The van der Waals surface area contributed by atoms with E-state index in [4.69, 9.17) is 10.6 Å². The van der Waals surface area contributed by atoms with Crippen molar-refractivity contribution in [3.63, 3.8) is 0 Å². The number of aldehydes is 1. The molecule has 8 nitrogen and oxygen atoms in total. The maximum absolute atomic E-state index is 12.7. The standard InChI is InChI=1S/C19H14N4O4/c20-23(19(26)16-13(12-24)6-4-10-21-16)18(25)15-9-5-11-22-17(15)27-14-7-2-1-3-8-14/h1-12H,20H2. The number of hydrogen-bond donors (Lipinski definition) is 1. The molecule has 0 fully saturated rings. The molecule has 0 aliphatic rings. The number of rotatable bonds is 5. The molecule has 3 aromatic rings. The minimum Gasteiger partial charge on any atom is -0.438 e. The van der Waals surface area contributed by atoms with Crippen LogP contribution in [0.3, 0.4) is 0 Å². The van der Waals surface area contributed by atoms with Crippen molar-refractivity contribution in [2.24, 2.45) is 5.84 Å². The van der Waals surface area contributed by atoms with Gasteiger partial charge in [0.2, 0.25) is 5.88 Å². The summed E-state index contributed by atoms with van der Waals surface area (Å²) in [7, 11) is 0. The van der Waals surface area contributed by atoms with E-state index in [1.54, 1.807) is 24.3 Å². The number of carbonyl (C=O) groups is 3. The molecule has 2 amide bonds. The van der Waals surface area contributed by atoms with Crippen LogP contribution in [0.15, 0.2) is 67.0 Å². The predicted octanol–water partition coefficient (Wildman–Crippen LogP) is 2.24. The first-order valence-corrected chi connectivity index (χ1v) is 7.83. The van der Waals surface area contributed by atoms with Crippen LogP contribution in [0.1, 0.15) is 31.2 Å². The number of pyridine rings is 2. The minimum absolute atomic E-state index is 0.00594. The number of amides is 2. The second-order valence-corrected chi connectivity index (χ2v) is 5.31. The number of benzene rings is 1. The Bertz CT molecular complexity index is 992. The van der Waals surface area contributed by atoms with E-state index in [0.29, 0.717) is 17.0 Å². The molecule has 0 saturated carbocycles. The molecule has 134 valence electrons. The van der Waals surface area contributed by atoms with E-state index in [0.717, 1.165) is 0 Å². The molecule has 27 heavy (non-hydrogen) atoms. The van der Waals surface area contributed by atoms with Crippen LogP contribution in [0.5, 0.6) is 11.6 Å². The Morgan fingerprint density at radius 3 is 2.37 bits per heavy atom. The normalized spacial score (nSPS) is 10.1. The molecule has 2 heterocycles. The van der Waals surface area contributed by atoms with Gasteiger partial charge in [-0.1, -0.05) is 18.2 Å². The van der Waals surface area contributed by atoms with Gasteiger partial charge in [0.05, 0.1) is 0 Å². The van der Waals surface area contributed by atoms with Crippen LogP contribution in [-0.2, 0) is 0 Å². The summed E-state index contributed by atoms with van der Waals surface area (Å²) in [6.07, 6.45) is 3.24. The van der Waals surface area contributed by atoms with Gasteiger partial charge < -0.3 is 4.74 Å². The third-order valence-corrected chi connectivity index (χ3v) is 3.57. The third-order valence-electron chi connectivity index (χ3n) is 3.57. The van der Waals surface area contributed by atoms with Crippen molar-refractivity contribution in [3.8, 4) is 11.6 Å². The van der Waals surface area contributed by atoms with Crippen LogP contribution in [0.2, 0.25) is 0 Å². The molecule has 0 saturated heterocycles. The topological polar surface area (TPSA) is 115 Å². The summed E-state index contributed by atoms with van der Waals surface area (Å²) in [6, 6.07) is 14.6. The van der Waals surface area contributed by atoms with Gasteiger partial charge in [-0.15, -0.1) is 0 Å². The van der Waals surface area contributed by atoms with Gasteiger partial charge in [-0.3, -0.25) is 19.4 Å².